The summed E-state index contributed by atoms with van der Waals surface area (Å²) < 4.78 is 10.3. The molecule has 0 aliphatic rings. The van der Waals surface area contributed by atoms with Crippen molar-refractivity contribution in [2.45, 2.75) is 18.4 Å². The van der Waals surface area contributed by atoms with Crippen LogP contribution in [-0.2, 0) is 33.0 Å². The molecule has 0 heterocycles. The van der Waals surface area contributed by atoms with Crippen molar-refractivity contribution in [1.29, 1.82) is 0 Å². The van der Waals surface area contributed by atoms with E-state index in [-0.39, 0.29) is 72.0 Å². The zero-order valence-corrected chi connectivity index (χ0v) is 29.3. The van der Waals surface area contributed by atoms with Gasteiger partial charge in [-0.1, -0.05) is 60.7 Å². The Labute approximate surface area is 315 Å². The molecule has 0 amide bonds. The summed E-state index contributed by atoms with van der Waals surface area (Å²) in [6.07, 6.45) is 0.237. The van der Waals surface area contributed by atoms with Crippen LogP contribution >= 0.6 is 8.17 Å². The van der Waals surface area contributed by atoms with Gasteiger partial charge in [0, 0.05) is 58.3 Å². The summed E-state index contributed by atoms with van der Waals surface area (Å²) in [7, 11) is -4.88. The van der Waals surface area contributed by atoms with Crippen molar-refractivity contribution in [3.8, 4) is 0 Å². The number of phosphoric acid groups is 1. The van der Waals surface area contributed by atoms with Crippen molar-refractivity contribution in [1.82, 2.24) is 14.7 Å². The van der Waals surface area contributed by atoms with Gasteiger partial charge in [-0.2, -0.15) is 13.9 Å². The van der Waals surface area contributed by atoms with Crippen molar-refractivity contribution in [3.63, 3.8) is 0 Å². The second kappa shape index (κ2) is 22.9. The Morgan fingerprint density at radius 1 is 0.653 bits per heavy atom. The molecule has 0 bridgehead atoms. The average molecular weight is 850 g/mol. The van der Waals surface area contributed by atoms with E-state index in [4.69, 9.17) is 9.05 Å². The number of carboxylic acids is 5. The monoisotopic (exact) mass is 850 g/mol. The average Bonchev–Trinajstić information content (AvgIpc) is 2.99. The van der Waals surface area contributed by atoms with Crippen LogP contribution in [0.25, 0.3) is 0 Å². The molecule has 0 saturated heterocycles. The molecule has 0 fully saturated rings. The van der Waals surface area contributed by atoms with Crippen LogP contribution < -0.4 is 30.4 Å². The van der Waals surface area contributed by atoms with Crippen LogP contribution in [0.15, 0.2) is 60.7 Å². The molecule has 0 aliphatic carbocycles. The standard InChI is InChI=1S/C30H40N3O14P.Gd/c34-26(35)16-31(12-13-32(17-27(36)37)18-28(38)39)15-24(33(19-29(40)41)20-30(42)43)21-47-48(44,45)46-14-11-25(22-7-3-1-4-8-22)23-9-5-2-6-10-23;/h1-10,24-25H,11-21H2,(H,34,35)(H,36,37)(H,38,39)(H,40,41)(H,42,43)(H,44,45);/q;+3/p-5. The van der Waals surface area contributed by atoms with Gasteiger partial charge in [-0.25, -0.2) is 0 Å². The van der Waals surface area contributed by atoms with Gasteiger partial charge in [0.25, 0.3) is 0 Å². The third-order valence-electron chi connectivity index (χ3n) is 6.94. The Bertz CT molecular complexity index is 1270. The van der Waals surface area contributed by atoms with Gasteiger partial charge in [-0.3, -0.25) is 14.7 Å². The van der Waals surface area contributed by atoms with Gasteiger partial charge in [-0.05, 0) is 17.5 Å². The topological polar surface area (TPSA) is 272 Å². The van der Waals surface area contributed by atoms with Crippen molar-refractivity contribution in [2.75, 3.05) is 65.6 Å². The SMILES string of the molecule is O=C([O-])CN(CCN(CC(=O)[O-])CC(CO[P+]([O-])(O)OCCC(c1ccccc1)c1ccccc1)N(CC(=O)[O-])CC(=O)[O-])CC(=O)[O-].[Gd+3]. The van der Waals surface area contributed by atoms with Crippen molar-refractivity contribution in [2.24, 2.45) is 0 Å². The molecule has 269 valence electrons. The summed E-state index contributed by atoms with van der Waals surface area (Å²) in [6.45, 7) is -7.13. The van der Waals surface area contributed by atoms with Crippen LogP contribution in [0.1, 0.15) is 23.5 Å². The van der Waals surface area contributed by atoms with Crippen LogP contribution in [0, 0.1) is 39.9 Å². The number of hydrogen-bond acceptors (Lipinski definition) is 17. The molecule has 0 aromatic heterocycles. The number of aliphatic carboxylic acids is 5. The van der Waals surface area contributed by atoms with Gasteiger partial charge in [0.05, 0.1) is 42.5 Å². The number of hydrogen-bond donors (Lipinski definition) is 1. The van der Waals surface area contributed by atoms with Crippen molar-refractivity contribution >= 4 is 38.0 Å². The number of carboxylic acid groups (broad SMARTS) is 5. The minimum Gasteiger partial charge on any atom is -0.606 e. The first-order valence-electron chi connectivity index (χ1n) is 14.5. The molecule has 1 radical (unpaired) electrons. The number of nitrogens with zero attached hydrogens (tertiary/aromatic N) is 3. The molecule has 19 heteroatoms. The molecule has 0 spiro atoms. The maximum Gasteiger partial charge on any atom is 3.00 e. The fourth-order valence-electron chi connectivity index (χ4n) is 4.90. The first kappa shape index (κ1) is 44.3. The van der Waals surface area contributed by atoms with E-state index in [1.54, 1.807) is 0 Å². The minimum atomic E-state index is -4.88. The number of carbonyl (C=O) groups is 5. The van der Waals surface area contributed by atoms with E-state index < -0.39 is 89.9 Å². The Balaban J connectivity index is 0.0000120. The van der Waals surface area contributed by atoms with Crippen LogP contribution in [0.2, 0.25) is 0 Å². The third-order valence-corrected chi connectivity index (χ3v) is 7.92. The largest absolute Gasteiger partial charge is 3.00 e. The molecule has 17 nitrogen and oxygen atoms in total. The van der Waals surface area contributed by atoms with Crippen LogP contribution in [0.3, 0.4) is 0 Å². The second-order valence-electron chi connectivity index (χ2n) is 10.6. The normalized spacial score (nSPS) is 13.2. The number of phosphoric ester groups is 1. The number of rotatable bonds is 25. The molecule has 0 aliphatic heterocycles. The van der Waals surface area contributed by atoms with Crippen molar-refractivity contribution in [3.05, 3.63) is 71.8 Å². The van der Waals surface area contributed by atoms with Crippen LogP contribution in [-0.4, -0.2) is 121 Å². The van der Waals surface area contributed by atoms with E-state index in [2.05, 4.69) is 0 Å². The summed E-state index contributed by atoms with van der Waals surface area (Å²) in [5.74, 6) is -8.67. The van der Waals surface area contributed by atoms with Gasteiger partial charge in [0.15, 0.2) is 0 Å². The van der Waals surface area contributed by atoms with Gasteiger partial charge in [0.2, 0.25) is 0 Å². The summed E-state index contributed by atoms with van der Waals surface area (Å²) in [5.41, 5.74) is 1.82. The summed E-state index contributed by atoms with van der Waals surface area (Å²) in [4.78, 5) is 82.4. The molecule has 2 rings (SSSR count). The third kappa shape index (κ3) is 18.7. The summed E-state index contributed by atoms with van der Waals surface area (Å²) in [6, 6.07) is 17.1. The fourth-order valence-corrected chi connectivity index (χ4v) is 5.67. The van der Waals surface area contributed by atoms with E-state index >= 15 is 0 Å². The van der Waals surface area contributed by atoms with Gasteiger partial charge in [-0.15, -0.1) is 0 Å². The smallest absolute Gasteiger partial charge is 0.606 e. The van der Waals surface area contributed by atoms with Crippen molar-refractivity contribution < 1.29 is 108 Å². The number of benzene rings is 2. The van der Waals surface area contributed by atoms with Gasteiger partial charge in [0.1, 0.15) is 6.61 Å². The molecule has 0 saturated carbocycles. The fraction of sp³-hybridized carbons (Fsp3) is 0.433. The summed E-state index contributed by atoms with van der Waals surface area (Å²) >= 11 is 0. The maximum absolute atomic E-state index is 12.9. The molecule has 2 aromatic rings. The Morgan fingerprint density at radius 3 is 1.49 bits per heavy atom. The predicted octanol–water partition coefficient (Wildman–Crippen LogP) is -6.70. The number of carbonyl (C=O) groups excluding carboxylic acids is 5. The first-order valence-corrected chi connectivity index (χ1v) is 16.0. The van der Waals surface area contributed by atoms with E-state index in [0.717, 1.165) is 25.8 Å². The first-order chi connectivity index (χ1) is 22.6. The Kier molecular flexibility index (Phi) is 20.7. The maximum atomic E-state index is 12.9. The van der Waals surface area contributed by atoms with E-state index in [0.29, 0.717) is 0 Å². The molecular formula is C30H35GdN3O14P-2. The second-order valence-corrected chi connectivity index (χ2v) is 12.1. The van der Waals surface area contributed by atoms with Crippen LogP contribution in [0.4, 0.5) is 0 Å². The predicted molar refractivity (Wildman–Crippen MR) is 154 cm³/mol. The van der Waals surface area contributed by atoms with E-state index in [9.17, 15) is 59.3 Å². The molecule has 2 unspecified atom stereocenters. The molecule has 2 atom stereocenters. The van der Waals surface area contributed by atoms with Gasteiger partial charge >= 0.3 is 48.1 Å². The van der Waals surface area contributed by atoms with E-state index in [1.165, 1.54) is 0 Å². The Hall–Kier alpha value is -2.74. The molecule has 2 aromatic carbocycles. The zero-order valence-electron chi connectivity index (χ0n) is 26.1. The summed E-state index contributed by atoms with van der Waals surface area (Å²) in [5, 5.41) is 56.4. The van der Waals surface area contributed by atoms with E-state index in [1.807, 2.05) is 60.7 Å². The molecular weight excluding hydrogens is 815 g/mol. The minimum absolute atomic E-state index is 0. The molecule has 49 heavy (non-hydrogen) atoms. The molecule has 1 N–H and O–H groups in total. The van der Waals surface area contributed by atoms with Gasteiger partial charge < -0.3 is 54.4 Å². The van der Waals surface area contributed by atoms with Crippen LogP contribution in [0.5, 0.6) is 0 Å². The Morgan fingerprint density at radius 2 is 1.06 bits per heavy atom. The zero-order chi connectivity index (χ0) is 35.7. The quantitative estimate of drug-likeness (QED) is 0.0910.